The second-order valence-corrected chi connectivity index (χ2v) is 9.24. The zero-order valence-corrected chi connectivity index (χ0v) is 17.6. The van der Waals surface area contributed by atoms with Gasteiger partial charge in [-0.05, 0) is 35.4 Å². The lowest BCUT2D eigenvalue weighted by atomic mass is 10.1. The highest BCUT2D eigenvalue weighted by Crippen LogP contribution is 2.38. The van der Waals surface area contributed by atoms with Crippen LogP contribution < -0.4 is 0 Å². The highest BCUT2D eigenvalue weighted by atomic mass is 35.5. The first-order chi connectivity index (χ1) is 14.7. The number of aldehydes is 1. The summed E-state index contributed by atoms with van der Waals surface area (Å²) < 4.78 is 94.6. The van der Waals surface area contributed by atoms with E-state index in [0.717, 1.165) is 0 Å². The van der Waals surface area contributed by atoms with E-state index in [1.807, 2.05) is 0 Å². The molecule has 0 radical (unpaired) electrons. The third kappa shape index (κ3) is 4.76. The first-order valence-corrected chi connectivity index (χ1v) is 10.6. The molecule has 2 aromatic carbocycles. The van der Waals surface area contributed by atoms with Crippen LogP contribution in [0.25, 0.3) is 11.4 Å². The fourth-order valence-electron chi connectivity index (χ4n) is 2.66. The Bertz CT molecular complexity index is 1260. The Kier molecular flexibility index (Phi) is 6.33. The van der Waals surface area contributed by atoms with E-state index >= 15 is 0 Å². The average Bonchev–Trinajstić information content (AvgIpc) is 3.18. The highest BCUT2D eigenvalue weighted by Gasteiger charge is 2.37. The van der Waals surface area contributed by atoms with Crippen LogP contribution in [0.2, 0.25) is 5.02 Å². The van der Waals surface area contributed by atoms with E-state index in [9.17, 15) is 35.2 Å². The standard InChI is InChI=1S/C18H9Cl2F5N2O4S/c19-13-7-11(5-6-12(13)18(23,24)25)32(29,30)14(8-28)9-1-3-10(4-2-9)15-26-16(31-27-15)17(20,21)22/h1-8,14H. The quantitative estimate of drug-likeness (QED) is 0.248. The molecule has 0 fully saturated rings. The summed E-state index contributed by atoms with van der Waals surface area (Å²) >= 11 is 10.4. The summed E-state index contributed by atoms with van der Waals surface area (Å²) in [5.41, 5.74) is -1.14. The van der Waals surface area contributed by atoms with Crippen molar-refractivity contribution < 1.29 is 39.7 Å². The maximum Gasteiger partial charge on any atom is 0.417 e. The molecule has 0 aliphatic rings. The first-order valence-electron chi connectivity index (χ1n) is 8.32. The topological polar surface area (TPSA) is 90.1 Å². The van der Waals surface area contributed by atoms with Gasteiger partial charge in [0.2, 0.25) is 5.82 Å². The number of hydrogen-bond acceptors (Lipinski definition) is 6. The molecule has 1 unspecified atom stereocenters. The van der Waals surface area contributed by atoms with Gasteiger partial charge in [-0.15, -0.1) is 0 Å². The van der Waals surface area contributed by atoms with Crippen LogP contribution in [0.4, 0.5) is 22.0 Å². The van der Waals surface area contributed by atoms with Gasteiger partial charge in [-0.1, -0.05) is 41.0 Å². The Labute approximate surface area is 186 Å². The number of nitrogens with zero attached hydrogens (tertiary/aromatic N) is 2. The molecule has 32 heavy (non-hydrogen) atoms. The molecule has 6 nitrogen and oxygen atoms in total. The molecule has 1 atom stereocenters. The Balaban J connectivity index is 1.93. The molecule has 170 valence electrons. The fraction of sp³-hybridized carbons (Fsp3) is 0.167. The molecular formula is C18H9Cl2F5N2O4S. The van der Waals surface area contributed by atoms with Gasteiger partial charge >= 0.3 is 17.4 Å². The predicted octanol–water partition coefficient (Wildman–Crippen LogP) is 5.41. The van der Waals surface area contributed by atoms with Crippen LogP contribution in [0.5, 0.6) is 0 Å². The summed E-state index contributed by atoms with van der Waals surface area (Å²) in [4.78, 5) is 14.4. The van der Waals surface area contributed by atoms with Crippen LogP contribution in [0.15, 0.2) is 51.9 Å². The zero-order valence-electron chi connectivity index (χ0n) is 15.3. The van der Waals surface area contributed by atoms with E-state index in [4.69, 9.17) is 23.2 Å². The number of alkyl halides is 6. The highest BCUT2D eigenvalue weighted by molar-refractivity contribution is 7.92. The molecule has 0 saturated heterocycles. The van der Waals surface area contributed by atoms with Crippen molar-refractivity contribution in [3.8, 4) is 11.4 Å². The second kappa shape index (κ2) is 8.41. The summed E-state index contributed by atoms with van der Waals surface area (Å²) in [6.07, 6.45) is -4.70. The van der Waals surface area contributed by atoms with E-state index in [1.165, 1.54) is 24.3 Å². The molecule has 0 saturated carbocycles. The van der Waals surface area contributed by atoms with Crippen molar-refractivity contribution in [1.82, 2.24) is 10.1 Å². The van der Waals surface area contributed by atoms with Crippen molar-refractivity contribution in [3.63, 3.8) is 0 Å². The molecule has 1 heterocycles. The SMILES string of the molecule is O=CC(c1ccc(-c2noc(C(F)(F)Cl)n2)cc1)S(=O)(=O)c1ccc(C(F)(F)F)c(Cl)c1. The van der Waals surface area contributed by atoms with Gasteiger partial charge in [0.05, 0.1) is 15.5 Å². The van der Waals surface area contributed by atoms with Gasteiger partial charge in [-0.2, -0.15) is 26.9 Å². The maximum atomic E-state index is 13.0. The van der Waals surface area contributed by atoms with E-state index in [0.29, 0.717) is 18.2 Å². The fourth-order valence-corrected chi connectivity index (χ4v) is 4.58. The van der Waals surface area contributed by atoms with Gasteiger partial charge in [0.15, 0.2) is 9.84 Å². The zero-order chi connectivity index (χ0) is 23.9. The minimum absolute atomic E-state index is 0.0499. The lowest BCUT2D eigenvalue weighted by molar-refractivity contribution is -0.137. The second-order valence-electron chi connectivity index (χ2n) is 6.28. The first kappa shape index (κ1) is 24.1. The van der Waals surface area contributed by atoms with Crippen LogP contribution in [0, 0.1) is 0 Å². The van der Waals surface area contributed by atoms with E-state index in [-0.39, 0.29) is 23.2 Å². The number of carbonyl (C=O) groups excluding carboxylic acids is 1. The molecule has 0 amide bonds. The lowest BCUT2D eigenvalue weighted by Crippen LogP contribution is -2.16. The molecular weight excluding hydrogens is 506 g/mol. The monoisotopic (exact) mass is 514 g/mol. The van der Waals surface area contributed by atoms with Crippen molar-refractivity contribution in [3.05, 3.63) is 64.5 Å². The average molecular weight is 515 g/mol. The van der Waals surface area contributed by atoms with Crippen LogP contribution in [-0.2, 0) is 26.2 Å². The van der Waals surface area contributed by atoms with Crippen LogP contribution in [0.3, 0.4) is 0 Å². The number of benzene rings is 2. The van der Waals surface area contributed by atoms with Crippen molar-refractivity contribution in [2.24, 2.45) is 0 Å². The van der Waals surface area contributed by atoms with Crippen LogP contribution >= 0.6 is 23.2 Å². The van der Waals surface area contributed by atoms with Crippen molar-refractivity contribution >= 4 is 39.3 Å². The molecule has 0 N–H and O–H groups in total. The number of rotatable bonds is 6. The van der Waals surface area contributed by atoms with E-state index in [2.05, 4.69) is 14.7 Å². The molecule has 3 aromatic rings. The minimum Gasteiger partial charge on any atom is -0.331 e. The summed E-state index contributed by atoms with van der Waals surface area (Å²) in [6, 6.07) is 6.66. The van der Waals surface area contributed by atoms with Gasteiger partial charge in [-0.3, -0.25) is 0 Å². The van der Waals surface area contributed by atoms with Gasteiger partial charge in [0.1, 0.15) is 11.5 Å². The predicted molar refractivity (Wildman–Crippen MR) is 102 cm³/mol. The molecule has 3 rings (SSSR count). The number of sulfone groups is 1. The summed E-state index contributed by atoms with van der Waals surface area (Å²) in [5, 5.41) is -3.17. The smallest absolute Gasteiger partial charge is 0.331 e. The number of halogens is 7. The molecule has 0 spiro atoms. The van der Waals surface area contributed by atoms with Gasteiger partial charge in [-0.25, -0.2) is 8.42 Å². The summed E-state index contributed by atoms with van der Waals surface area (Å²) in [6.45, 7) is 0. The Morgan fingerprint density at radius 1 is 1.03 bits per heavy atom. The van der Waals surface area contributed by atoms with Crippen molar-refractivity contribution in [1.29, 1.82) is 0 Å². The lowest BCUT2D eigenvalue weighted by Gasteiger charge is -2.15. The summed E-state index contributed by atoms with van der Waals surface area (Å²) in [5.74, 6) is -1.42. The van der Waals surface area contributed by atoms with Crippen LogP contribution in [0.1, 0.15) is 22.3 Å². The maximum absolute atomic E-state index is 13.0. The minimum atomic E-state index is -4.79. The van der Waals surface area contributed by atoms with E-state index in [1.54, 1.807) is 0 Å². The summed E-state index contributed by atoms with van der Waals surface area (Å²) in [7, 11) is -4.47. The van der Waals surface area contributed by atoms with Gasteiger partial charge in [0.25, 0.3) is 0 Å². The van der Waals surface area contributed by atoms with Gasteiger partial charge < -0.3 is 9.32 Å². The van der Waals surface area contributed by atoms with E-state index < -0.39 is 48.0 Å². The molecule has 0 aliphatic carbocycles. The van der Waals surface area contributed by atoms with Crippen molar-refractivity contribution in [2.75, 3.05) is 0 Å². The third-order valence-corrected chi connectivity index (χ3v) is 6.64. The number of hydrogen-bond donors (Lipinski definition) is 0. The van der Waals surface area contributed by atoms with Crippen molar-refractivity contribution in [2.45, 2.75) is 21.7 Å². The molecule has 14 heteroatoms. The Morgan fingerprint density at radius 3 is 2.12 bits per heavy atom. The number of aromatic nitrogens is 2. The molecule has 0 aliphatic heterocycles. The third-order valence-electron chi connectivity index (χ3n) is 4.20. The number of carbonyl (C=O) groups is 1. The largest absolute Gasteiger partial charge is 0.417 e. The van der Waals surface area contributed by atoms with Gasteiger partial charge in [0, 0.05) is 5.56 Å². The molecule has 1 aromatic heterocycles. The normalized spacial score (nSPS) is 13.7. The van der Waals surface area contributed by atoms with Crippen LogP contribution in [-0.4, -0.2) is 24.8 Å². The Hall–Kier alpha value is -2.57. The molecule has 0 bridgehead atoms. The Morgan fingerprint density at radius 2 is 1.66 bits per heavy atom.